The molecule has 0 spiro atoms. The van der Waals surface area contributed by atoms with E-state index >= 15 is 0 Å². The molecule has 0 amide bonds. The van der Waals surface area contributed by atoms with E-state index in [0.29, 0.717) is 12.0 Å². The van der Waals surface area contributed by atoms with Crippen molar-refractivity contribution in [1.82, 2.24) is 5.32 Å². The summed E-state index contributed by atoms with van der Waals surface area (Å²) in [5.74, 6) is 1.37. The number of hydrogen-bond acceptors (Lipinski definition) is 1. The normalized spacial score (nSPS) is 18.4. The van der Waals surface area contributed by atoms with E-state index in [0.717, 1.165) is 17.5 Å². The van der Waals surface area contributed by atoms with Crippen molar-refractivity contribution in [3.63, 3.8) is 0 Å². The summed E-state index contributed by atoms with van der Waals surface area (Å²) in [6.45, 7) is 5.46. The summed E-state index contributed by atoms with van der Waals surface area (Å²) in [5.41, 5.74) is 1.33. The summed E-state index contributed by atoms with van der Waals surface area (Å²) < 4.78 is 0. The van der Waals surface area contributed by atoms with Crippen LogP contribution in [0.25, 0.3) is 0 Å². The van der Waals surface area contributed by atoms with Gasteiger partial charge in [0.25, 0.3) is 0 Å². The van der Waals surface area contributed by atoms with Crippen LogP contribution in [0.15, 0.2) is 24.3 Å². The van der Waals surface area contributed by atoms with Gasteiger partial charge in [-0.15, -0.1) is 0 Å². The minimum Gasteiger partial charge on any atom is -0.314 e. The van der Waals surface area contributed by atoms with E-state index in [4.69, 9.17) is 11.6 Å². The molecule has 1 aliphatic rings. The van der Waals surface area contributed by atoms with Gasteiger partial charge in [-0.3, -0.25) is 0 Å². The van der Waals surface area contributed by atoms with Crippen LogP contribution < -0.4 is 5.32 Å². The Morgan fingerprint density at radius 2 is 1.89 bits per heavy atom. The lowest BCUT2D eigenvalue weighted by atomic mass is 9.84. The second-order valence-corrected chi connectivity index (χ2v) is 6.14. The molecule has 0 heterocycles. The summed E-state index contributed by atoms with van der Waals surface area (Å²) in [4.78, 5) is 0. The highest BCUT2D eigenvalue weighted by Gasteiger charge is 2.27. The van der Waals surface area contributed by atoms with Crippen molar-refractivity contribution in [3.8, 4) is 0 Å². The third-order valence-corrected chi connectivity index (χ3v) is 4.36. The minimum absolute atomic E-state index is 0.538. The molecule has 1 saturated carbocycles. The third-order valence-electron chi connectivity index (χ3n) is 4.02. The largest absolute Gasteiger partial charge is 0.314 e. The lowest BCUT2D eigenvalue weighted by Gasteiger charge is -2.26. The van der Waals surface area contributed by atoms with Gasteiger partial charge in [0.05, 0.1) is 0 Å². The predicted octanol–water partition coefficient (Wildman–Crippen LogP) is 4.61. The molecule has 1 unspecified atom stereocenters. The predicted molar refractivity (Wildman–Crippen MR) is 79.3 cm³/mol. The van der Waals surface area contributed by atoms with Gasteiger partial charge in [0.15, 0.2) is 0 Å². The van der Waals surface area contributed by atoms with E-state index in [1.165, 1.54) is 31.2 Å². The first-order valence-corrected chi connectivity index (χ1v) is 7.54. The molecular formula is C16H24ClN. The average Bonchev–Trinajstić information content (AvgIpc) is 2.85. The van der Waals surface area contributed by atoms with Crippen LogP contribution in [0.1, 0.15) is 51.0 Å². The van der Waals surface area contributed by atoms with Gasteiger partial charge in [-0.05, 0) is 30.4 Å². The molecule has 1 aromatic carbocycles. The number of hydrogen-bond donors (Lipinski definition) is 1. The quantitative estimate of drug-likeness (QED) is 0.820. The van der Waals surface area contributed by atoms with E-state index in [9.17, 15) is 0 Å². The Hall–Kier alpha value is -0.530. The number of rotatable bonds is 5. The molecule has 0 radical (unpaired) electrons. The molecule has 18 heavy (non-hydrogen) atoms. The summed E-state index contributed by atoms with van der Waals surface area (Å²) >= 11 is 6.38. The summed E-state index contributed by atoms with van der Waals surface area (Å²) in [6.07, 6.45) is 5.48. The maximum atomic E-state index is 6.38. The molecular weight excluding hydrogens is 242 g/mol. The van der Waals surface area contributed by atoms with Gasteiger partial charge < -0.3 is 5.32 Å². The van der Waals surface area contributed by atoms with Crippen LogP contribution in [0.3, 0.4) is 0 Å². The third kappa shape index (κ3) is 3.49. The maximum Gasteiger partial charge on any atom is 0.0441 e. The first-order valence-electron chi connectivity index (χ1n) is 7.16. The van der Waals surface area contributed by atoms with Gasteiger partial charge in [-0.1, -0.05) is 56.5 Å². The molecule has 1 atom stereocenters. The second kappa shape index (κ2) is 6.58. The van der Waals surface area contributed by atoms with Gasteiger partial charge in [0.2, 0.25) is 0 Å². The molecule has 0 saturated heterocycles. The van der Waals surface area contributed by atoms with Gasteiger partial charge in [0, 0.05) is 23.5 Å². The Morgan fingerprint density at radius 3 is 2.50 bits per heavy atom. The smallest absolute Gasteiger partial charge is 0.0441 e. The van der Waals surface area contributed by atoms with E-state index in [1.54, 1.807) is 0 Å². The topological polar surface area (TPSA) is 12.0 Å². The van der Waals surface area contributed by atoms with E-state index < -0.39 is 0 Å². The fraction of sp³-hybridized carbons (Fsp3) is 0.625. The molecule has 1 nitrogen and oxygen atoms in total. The molecule has 1 aromatic rings. The summed E-state index contributed by atoms with van der Waals surface area (Å²) in [7, 11) is 0. The number of nitrogens with one attached hydrogen (secondary N) is 1. The molecule has 100 valence electrons. The van der Waals surface area contributed by atoms with Crippen LogP contribution in [-0.2, 0) is 0 Å². The molecule has 0 bridgehead atoms. The second-order valence-electron chi connectivity index (χ2n) is 5.74. The summed E-state index contributed by atoms with van der Waals surface area (Å²) in [5, 5.41) is 4.52. The lowest BCUT2D eigenvalue weighted by Crippen LogP contribution is -2.30. The lowest BCUT2D eigenvalue weighted by molar-refractivity contribution is 0.398. The number of benzene rings is 1. The SMILES string of the molecule is CC(C)NCC(c1ccccc1Cl)C1CCCC1. The molecule has 0 aliphatic heterocycles. The molecule has 0 aromatic heterocycles. The zero-order valence-electron chi connectivity index (χ0n) is 11.5. The Labute approximate surface area is 116 Å². The Balaban J connectivity index is 2.15. The average molecular weight is 266 g/mol. The van der Waals surface area contributed by atoms with Crippen molar-refractivity contribution >= 4 is 11.6 Å². The van der Waals surface area contributed by atoms with Crippen molar-refractivity contribution in [2.45, 2.75) is 51.5 Å². The van der Waals surface area contributed by atoms with Crippen molar-refractivity contribution in [3.05, 3.63) is 34.9 Å². The van der Waals surface area contributed by atoms with Crippen LogP contribution in [0, 0.1) is 5.92 Å². The van der Waals surface area contributed by atoms with E-state index in [-0.39, 0.29) is 0 Å². The van der Waals surface area contributed by atoms with Crippen LogP contribution in [0.4, 0.5) is 0 Å². The van der Waals surface area contributed by atoms with Crippen LogP contribution >= 0.6 is 11.6 Å². The van der Waals surface area contributed by atoms with Crippen molar-refractivity contribution in [1.29, 1.82) is 0 Å². The molecule has 2 rings (SSSR count). The van der Waals surface area contributed by atoms with Crippen molar-refractivity contribution in [2.75, 3.05) is 6.54 Å². The first-order chi connectivity index (χ1) is 8.68. The maximum absolute atomic E-state index is 6.38. The highest BCUT2D eigenvalue weighted by atomic mass is 35.5. The standard InChI is InChI=1S/C16H24ClN/c1-12(2)18-11-15(13-7-3-4-8-13)14-9-5-6-10-16(14)17/h5-6,9-10,12-13,15,18H,3-4,7-8,11H2,1-2H3. The highest BCUT2D eigenvalue weighted by Crippen LogP contribution is 2.39. The first kappa shape index (κ1) is 13.9. The summed E-state index contributed by atoms with van der Waals surface area (Å²) in [6, 6.07) is 8.89. The zero-order valence-corrected chi connectivity index (χ0v) is 12.2. The Kier molecular flexibility index (Phi) is 5.08. The van der Waals surface area contributed by atoms with E-state index in [1.807, 2.05) is 12.1 Å². The number of halogens is 1. The van der Waals surface area contributed by atoms with Crippen LogP contribution in [0.2, 0.25) is 5.02 Å². The Morgan fingerprint density at radius 1 is 1.22 bits per heavy atom. The fourth-order valence-corrected chi connectivity index (χ4v) is 3.30. The van der Waals surface area contributed by atoms with Crippen LogP contribution in [-0.4, -0.2) is 12.6 Å². The zero-order chi connectivity index (χ0) is 13.0. The highest BCUT2D eigenvalue weighted by molar-refractivity contribution is 6.31. The molecule has 1 fully saturated rings. The van der Waals surface area contributed by atoms with Gasteiger partial charge in [0.1, 0.15) is 0 Å². The van der Waals surface area contributed by atoms with Gasteiger partial charge >= 0.3 is 0 Å². The van der Waals surface area contributed by atoms with E-state index in [2.05, 4.69) is 31.3 Å². The van der Waals surface area contributed by atoms with Gasteiger partial charge in [-0.2, -0.15) is 0 Å². The Bertz CT molecular complexity index is 369. The molecule has 1 aliphatic carbocycles. The minimum atomic E-state index is 0.538. The molecule has 2 heteroatoms. The van der Waals surface area contributed by atoms with Crippen molar-refractivity contribution in [2.24, 2.45) is 5.92 Å². The molecule has 1 N–H and O–H groups in total. The van der Waals surface area contributed by atoms with Crippen molar-refractivity contribution < 1.29 is 0 Å². The van der Waals surface area contributed by atoms with Crippen LogP contribution in [0.5, 0.6) is 0 Å². The fourth-order valence-electron chi connectivity index (χ4n) is 3.03. The van der Waals surface area contributed by atoms with Gasteiger partial charge in [-0.25, -0.2) is 0 Å². The monoisotopic (exact) mass is 265 g/mol.